The molecule has 8 nitrogen and oxygen atoms in total. The first kappa shape index (κ1) is 23.1. The summed E-state index contributed by atoms with van der Waals surface area (Å²) in [5.41, 5.74) is 1.65. The fraction of sp³-hybridized carbons (Fsp3) is 0.333. The molecule has 3 N–H and O–H groups in total. The van der Waals surface area contributed by atoms with E-state index in [1.54, 1.807) is 29.2 Å². The van der Waals surface area contributed by atoms with Crippen molar-refractivity contribution in [2.75, 3.05) is 33.2 Å². The lowest BCUT2D eigenvalue weighted by Crippen LogP contribution is -2.56. The van der Waals surface area contributed by atoms with Crippen molar-refractivity contribution in [1.29, 1.82) is 0 Å². The van der Waals surface area contributed by atoms with Crippen molar-refractivity contribution in [2.24, 2.45) is 0 Å². The predicted octanol–water partition coefficient (Wildman–Crippen LogP) is 2.66. The van der Waals surface area contributed by atoms with Gasteiger partial charge in [-0.2, -0.15) is 0 Å². The Bertz CT molecular complexity index is 1110. The molecule has 1 saturated heterocycles. The number of aromatic amines is 1. The van der Waals surface area contributed by atoms with Gasteiger partial charge in [0.2, 0.25) is 5.88 Å². The number of rotatable bonds is 6. The van der Waals surface area contributed by atoms with Gasteiger partial charge in [-0.15, -0.1) is 0 Å². The van der Waals surface area contributed by atoms with E-state index >= 15 is 0 Å². The molecular formula is C24H27ClN4O4. The molecule has 0 radical (unpaired) electrons. The first-order valence-corrected chi connectivity index (χ1v) is 11.2. The Kier molecular flexibility index (Phi) is 7.17. The number of carbonyl (C=O) groups excluding carboxylic acids is 2. The summed E-state index contributed by atoms with van der Waals surface area (Å²) in [6.07, 6.45) is -1.89. The first-order chi connectivity index (χ1) is 15.9. The summed E-state index contributed by atoms with van der Waals surface area (Å²) in [6.45, 7) is 2.54. The van der Waals surface area contributed by atoms with E-state index in [4.69, 9.17) is 16.3 Å². The molecule has 33 heavy (non-hydrogen) atoms. The van der Waals surface area contributed by atoms with Crippen LogP contribution in [0.5, 0.6) is 5.88 Å². The zero-order valence-electron chi connectivity index (χ0n) is 18.3. The van der Waals surface area contributed by atoms with E-state index in [-0.39, 0.29) is 12.3 Å². The number of nitrogens with one attached hydrogen (secondary N) is 2. The van der Waals surface area contributed by atoms with E-state index in [9.17, 15) is 14.7 Å². The second-order valence-corrected chi connectivity index (χ2v) is 8.71. The molecule has 174 valence electrons. The minimum absolute atomic E-state index is 0.239. The highest BCUT2D eigenvalue weighted by Crippen LogP contribution is 2.24. The number of H-pyrrole nitrogens is 1. The van der Waals surface area contributed by atoms with Crippen molar-refractivity contribution in [1.82, 2.24) is 20.1 Å². The van der Waals surface area contributed by atoms with E-state index < -0.39 is 24.1 Å². The fourth-order valence-electron chi connectivity index (χ4n) is 3.91. The van der Waals surface area contributed by atoms with E-state index in [0.717, 1.165) is 29.6 Å². The van der Waals surface area contributed by atoms with Crippen molar-refractivity contribution in [3.05, 3.63) is 65.2 Å². The monoisotopic (exact) mass is 470 g/mol. The van der Waals surface area contributed by atoms with E-state index in [1.165, 1.54) is 0 Å². The Morgan fingerprint density at radius 3 is 2.58 bits per heavy atom. The Labute approximate surface area is 197 Å². The second-order valence-electron chi connectivity index (χ2n) is 8.27. The molecular weight excluding hydrogens is 444 g/mol. The summed E-state index contributed by atoms with van der Waals surface area (Å²) < 4.78 is 5.41. The van der Waals surface area contributed by atoms with Crippen LogP contribution in [0.4, 0.5) is 4.79 Å². The van der Waals surface area contributed by atoms with Gasteiger partial charge in [-0.05, 0) is 37.2 Å². The van der Waals surface area contributed by atoms with Gasteiger partial charge in [0.15, 0.2) is 6.10 Å². The summed E-state index contributed by atoms with van der Waals surface area (Å²) in [7, 11) is 1.99. The molecule has 9 heteroatoms. The number of aliphatic hydroxyl groups excluding tert-OH is 1. The predicted molar refractivity (Wildman–Crippen MR) is 126 cm³/mol. The average molecular weight is 471 g/mol. The van der Waals surface area contributed by atoms with Crippen molar-refractivity contribution in [3.8, 4) is 5.88 Å². The molecule has 0 saturated carbocycles. The number of amides is 2. The lowest BCUT2D eigenvalue weighted by molar-refractivity contribution is -0.143. The summed E-state index contributed by atoms with van der Waals surface area (Å²) >= 11 is 6.02. The summed E-state index contributed by atoms with van der Waals surface area (Å²) in [5.74, 6) is -0.160. The highest BCUT2D eigenvalue weighted by Gasteiger charge is 2.33. The van der Waals surface area contributed by atoms with Gasteiger partial charge in [0.1, 0.15) is 0 Å². The van der Waals surface area contributed by atoms with Gasteiger partial charge >= 0.3 is 6.09 Å². The van der Waals surface area contributed by atoms with Gasteiger partial charge in [-0.25, -0.2) is 4.79 Å². The van der Waals surface area contributed by atoms with Crippen molar-refractivity contribution < 1.29 is 19.4 Å². The number of hydrogen-bond acceptors (Lipinski definition) is 5. The van der Waals surface area contributed by atoms with E-state index in [0.29, 0.717) is 18.1 Å². The molecule has 1 aromatic heterocycles. The van der Waals surface area contributed by atoms with Crippen molar-refractivity contribution in [2.45, 2.75) is 18.6 Å². The highest BCUT2D eigenvalue weighted by molar-refractivity contribution is 6.31. The third-order valence-corrected chi connectivity index (χ3v) is 6.05. The Balaban J connectivity index is 1.47. The van der Waals surface area contributed by atoms with Crippen LogP contribution in [0.15, 0.2) is 54.6 Å². The average Bonchev–Trinajstić information content (AvgIpc) is 3.20. The molecule has 4 rings (SSSR count). The number of likely N-dealkylation sites (N-methyl/N-ethyl adjacent to an activating group) is 1. The number of hydrogen-bond donors (Lipinski definition) is 3. The summed E-state index contributed by atoms with van der Waals surface area (Å²) in [4.78, 5) is 32.4. The zero-order chi connectivity index (χ0) is 23.4. The number of aliphatic hydroxyl groups is 1. The lowest BCUT2D eigenvalue weighted by atomic mass is 10.00. The topological polar surface area (TPSA) is 97.9 Å². The molecule has 0 unspecified atom stereocenters. The Hall–Kier alpha value is -3.07. The van der Waals surface area contributed by atoms with Crippen LogP contribution in [0.25, 0.3) is 10.9 Å². The maximum absolute atomic E-state index is 13.0. The standard InChI is InChI=1S/C24H27ClN4O4/c1-28-9-11-29(12-10-28)23(31)22(30)20(13-16-5-3-2-4-6-16)27-24(32)33-21-15-17-14-18(25)7-8-19(17)26-21/h2-8,14-15,20,22,26,30H,9-13H2,1H3,(H,27,32)/t20-,22+/m0/s1. The fourth-order valence-corrected chi connectivity index (χ4v) is 4.09. The minimum atomic E-state index is -1.40. The van der Waals surface area contributed by atoms with Crippen LogP contribution < -0.4 is 10.1 Å². The molecule has 0 aliphatic carbocycles. The lowest BCUT2D eigenvalue weighted by Gasteiger charge is -2.35. The Morgan fingerprint density at radius 1 is 1.12 bits per heavy atom. The van der Waals surface area contributed by atoms with Gasteiger partial charge in [0.25, 0.3) is 5.91 Å². The van der Waals surface area contributed by atoms with Gasteiger partial charge in [-0.1, -0.05) is 41.9 Å². The number of aromatic nitrogens is 1. The summed E-state index contributed by atoms with van der Waals surface area (Å²) in [5, 5.41) is 15.0. The number of benzene rings is 2. The van der Waals surface area contributed by atoms with E-state index in [1.807, 2.05) is 37.4 Å². The highest BCUT2D eigenvalue weighted by atomic mass is 35.5. The van der Waals surface area contributed by atoms with Crippen LogP contribution in [0, 0.1) is 0 Å². The third-order valence-electron chi connectivity index (χ3n) is 5.81. The molecule has 1 aliphatic rings. The third kappa shape index (κ3) is 5.84. The van der Waals surface area contributed by atoms with Gasteiger partial charge in [0, 0.05) is 48.2 Å². The summed E-state index contributed by atoms with van der Waals surface area (Å²) in [6, 6.07) is 15.5. The maximum atomic E-state index is 13.0. The molecule has 1 fully saturated rings. The second kappa shape index (κ2) is 10.2. The molecule has 2 heterocycles. The van der Waals surface area contributed by atoms with E-state index in [2.05, 4.69) is 15.2 Å². The largest absolute Gasteiger partial charge is 0.414 e. The number of ether oxygens (including phenoxy) is 1. The van der Waals surface area contributed by atoms with Crippen LogP contribution in [-0.4, -0.2) is 77.3 Å². The SMILES string of the molecule is CN1CCN(C(=O)[C@H](O)[C@H](Cc2ccccc2)NC(=O)Oc2cc3cc(Cl)ccc3[nH]2)CC1. The quantitative estimate of drug-likeness (QED) is 0.514. The van der Waals surface area contributed by atoms with Crippen molar-refractivity contribution >= 4 is 34.5 Å². The number of nitrogens with zero attached hydrogens (tertiary/aromatic N) is 2. The normalized spacial score (nSPS) is 16.4. The van der Waals surface area contributed by atoms with Crippen LogP contribution in [0.1, 0.15) is 5.56 Å². The minimum Gasteiger partial charge on any atom is -0.393 e. The van der Waals surface area contributed by atoms with Gasteiger partial charge in [-0.3, -0.25) is 4.79 Å². The smallest absolute Gasteiger partial charge is 0.393 e. The molecule has 3 aromatic rings. The molecule has 2 aromatic carbocycles. The molecule has 0 bridgehead atoms. The van der Waals surface area contributed by atoms with Gasteiger partial charge < -0.3 is 29.9 Å². The maximum Gasteiger partial charge on any atom is 0.414 e. The molecule has 1 aliphatic heterocycles. The molecule has 2 atom stereocenters. The number of piperazine rings is 1. The number of carbonyl (C=O) groups is 2. The first-order valence-electron chi connectivity index (χ1n) is 10.8. The van der Waals surface area contributed by atoms with Crippen LogP contribution >= 0.6 is 11.6 Å². The zero-order valence-corrected chi connectivity index (χ0v) is 19.1. The molecule has 0 spiro atoms. The number of halogens is 1. The van der Waals surface area contributed by atoms with Gasteiger partial charge in [0.05, 0.1) is 6.04 Å². The van der Waals surface area contributed by atoms with Crippen molar-refractivity contribution in [3.63, 3.8) is 0 Å². The Morgan fingerprint density at radius 2 is 1.85 bits per heavy atom. The van der Waals surface area contributed by atoms with Crippen LogP contribution in [0.2, 0.25) is 5.02 Å². The van der Waals surface area contributed by atoms with Crippen LogP contribution in [0.3, 0.4) is 0 Å². The molecule has 2 amide bonds. The van der Waals surface area contributed by atoms with Crippen LogP contribution in [-0.2, 0) is 11.2 Å². The number of fused-ring (bicyclic) bond motifs is 1.